The summed E-state index contributed by atoms with van der Waals surface area (Å²) in [5.74, 6) is -1.26. The molecule has 4 aliphatic rings. The number of aliphatic hydroxyl groups excluding tert-OH is 2. The van der Waals surface area contributed by atoms with Crippen molar-refractivity contribution in [3.8, 4) is 0 Å². The zero-order valence-electron chi connectivity index (χ0n) is 22.0. The van der Waals surface area contributed by atoms with Crippen molar-refractivity contribution in [2.24, 2.45) is 34.5 Å². The van der Waals surface area contributed by atoms with Crippen molar-refractivity contribution in [2.45, 2.75) is 78.6 Å². The lowest BCUT2D eigenvalue weighted by Crippen LogP contribution is -2.65. The molecular formula is C28H37NO7. The lowest BCUT2D eigenvalue weighted by molar-refractivity contribution is -0.190. The molecule has 1 aromatic rings. The van der Waals surface area contributed by atoms with Crippen LogP contribution in [0.1, 0.15) is 75.7 Å². The van der Waals surface area contributed by atoms with Crippen LogP contribution in [0.5, 0.6) is 0 Å². The maximum absolute atomic E-state index is 14.4. The molecule has 8 nitrogen and oxygen atoms in total. The van der Waals surface area contributed by atoms with Crippen molar-refractivity contribution < 1.29 is 34.2 Å². The topological polar surface area (TPSA) is 130 Å². The fraction of sp³-hybridized carbons (Fsp3) is 0.679. The molecule has 0 saturated heterocycles. The van der Waals surface area contributed by atoms with Gasteiger partial charge in [0.2, 0.25) is 0 Å². The Morgan fingerprint density at radius 3 is 2.58 bits per heavy atom. The first-order valence-corrected chi connectivity index (χ1v) is 12.9. The number of carbonyl (C=O) groups excluding carboxylic acids is 2. The molecule has 196 valence electrons. The van der Waals surface area contributed by atoms with Gasteiger partial charge in [0.15, 0.2) is 17.5 Å². The number of aromatic nitrogens is 1. The number of ketones is 1. The van der Waals surface area contributed by atoms with E-state index < -0.39 is 41.7 Å². The molecule has 8 heteroatoms. The summed E-state index contributed by atoms with van der Waals surface area (Å²) in [6.07, 6.45) is 1.20. The van der Waals surface area contributed by atoms with E-state index in [1.54, 1.807) is 26.0 Å². The molecule has 1 aromatic heterocycles. The van der Waals surface area contributed by atoms with Crippen molar-refractivity contribution in [1.29, 1.82) is 0 Å². The van der Waals surface area contributed by atoms with E-state index in [9.17, 15) is 24.9 Å². The first-order chi connectivity index (χ1) is 16.7. The Bertz CT molecular complexity index is 1190. The summed E-state index contributed by atoms with van der Waals surface area (Å²) in [5.41, 5.74) is -2.38. The van der Waals surface area contributed by atoms with E-state index in [4.69, 9.17) is 9.26 Å². The van der Waals surface area contributed by atoms with Gasteiger partial charge in [-0.05, 0) is 60.5 Å². The molecule has 1 spiro atoms. The highest BCUT2D eigenvalue weighted by Gasteiger charge is 2.76. The van der Waals surface area contributed by atoms with Crippen LogP contribution in [0.3, 0.4) is 0 Å². The van der Waals surface area contributed by atoms with Crippen LogP contribution < -0.4 is 0 Å². The largest absolute Gasteiger partial charge is 0.451 e. The molecule has 0 radical (unpaired) electrons. The molecule has 1 heterocycles. The zero-order valence-corrected chi connectivity index (χ0v) is 22.0. The van der Waals surface area contributed by atoms with Gasteiger partial charge < -0.3 is 24.6 Å². The number of rotatable bonds is 4. The molecule has 3 N–H and O–H groups in total. The van der Waals surface area contributed by atoms with Crippen LogP contribution in [0.2, 0.25) is 0 Å². The number of allylic oxidation sites excluding steroid dienone is 1. The van der Waals surface area contributed by atoms with Crippen LogP contribution in [0.4, 0.5) is 0 Å². The molecule has 2 saturated carbocycles. The average Bonchev–Trinajstić information content (AvgIpc) is 3.08. The van der Waals surface area contributed by atoms with E-state index in [1.165, 1.54) is 0 Å². The number of nitrogens with zero attached hydrogens (tertiary/aromatic N) is 1. The minimum absolute atomic E-state index is 0.0526. The number of carbonyl (C=O) groups is 2. The summed E-state index contributed by atoms with van der Waals surface area (Å²) in [6.45, 7) is 12.8. The van der Waals surface area contributed by atoms with Crippen LogP contribution in [0, 0.1) is 41.4 Å². The van der Waals surface area contributed by atoms with Gasteiger partial charge in [-0.25, -0.2) is 4.79 Å². The third kappa shape index (κ3) is 2.95. The number of aliphatic hydroxyl groups is 3. The maximum Gasteiger partial charge on any atom is 0.344 e. The van der Waals surface area contributed by atoms with Crippen molar-refractivity contribution >= 4 is 11.8 Å². The highest BCUT2D eigenvalue weighted by molar-refractivity contribution is 5.96. The summed E-state index contributed by atoms with van der Waals surface area (Å²) < 4.78 is 11.2. The second-order valence-electron chi connectivity index (χ2n) is 12.3. The van der Waals surface area contributed by atoms with E-state index in [-0.39, 0.29) is 46.0 Å². The van der Waals surface area contributed by atoms with E-state index in [0.29, 0.717) is 23.4 Å². The smallest absolute Gasteiger partial charge is 0.344 e. The summed E-state index contributed by atoms with van der Waals surface area (Å²) in [4.78, 5) is 27.9. The predicted molar refractivity (Wildman–Crippen MR) is 130 cm³/mol. The summed E-state index contributed by atoms with van der Waals surface area (Å²) in [5, 5.41) is 38.3. The van der Waals surface area contributed by atoms with Crippen LogP contribution in [0.25, 0.3) is 0 Å². The van der Waals surface area contributed by atoms with Gasteiger partial charge in [-0.1, -0.05) is 51.9 Å². The van der Waals surface area contributed by atoms with Crippen molar-refractivity contribution in [3.63, 3.8) is 0 Å². The van der Waals surface area contributed by atoms with Gasteiger partial charge in [-0.15, -0.1) is 0 Å². The van der Waals surface area contributed by atoms with Gasteiger partial charge in [0.25, 0.3) is 0 Å². The predicted octanol–water partition coefficient (Wildman–Crippen LogP) is 3.10. The van der Waals surface area contributed by atoms with E-state index in [0.717, 1.165) is 0 Å². The van der Waals surface area contributed by atoms with Gasteiger partial charge >= 0.3 is 5.97 Å². The SMILES string of the molecule is CC1=CC23C(=O)[C@@H](C=C(CO)[C@@H](O)[C@]2(O)[C@H]1OC(=O)c1c(C(C)C)noc1C)[C@H]1[C@@H](CC3C)C1(C)C. The number of hydrogen-bond donors (Lipinski definition) is 3. The highest BCUT2D eigenvalue weighted by atomic mass is 16.6. The third-order valence-corrected chi connectivity index (χ3v) is 9.76. The Labute approximate surface area is 211 Å². The third-order valence-electron chi connectivity index (χ3n) is 9.76. The molecule has 36 heavy (non-hydrogen) atoms. The number of fused-ring (bicyclic) bond motifs is 3. The summed E-state index contributed by atoms with van der Waals surface area (Å²) >= 11 is 0. The maximum atomic E-state index is 14.4. The highest BCUT2D eigenvalue weighted by Crippen LogP contribution is 2.71. The Morgan fingerprint density at radius 2 is 1.97 bits per heavy atom. The number of hydrogen-bond acceptors (Lipinski definition) is 8. The monoisotopic (exact) mass is 499 g/mol. The molecule has 2 unspecified atom stereocenters. The zero-order chi connectivity index (χ0) is 26.5. The first-order valence-electron chi connectivity index (χ1n) is 12.9. The Kier molecular flexibility index (Phi) is 5.53. The fourth-order valence-electron chi connectivity index (χ4n) is 7.79. The average molecular weight is 500 g/mol. The quantitative estimate of drug-likeness (QED) is 0.426. The molecule has 2 bridgehead atoms. The second kappa shape index (κ2) is 7.85. The lowest BCUT2D eigenvalue weighted by Gasteiger charge is -2.48. The van der Waals surface area contributed by atoms with E-state index in [1.807, 2.05) is 20.8 Å². The molecule has 0 aliphatic heterocycles. The molecule has 2 fully saturated rings. The second-order valence-corrected chi connectivity index (χ2v) is 12.3. The first kappa shape index (κ1) is 25.4. The van der Waals surface area contributed by atoms with Gasteiger partial charge in [-0.3, -0.25) is 4.79 Å². The normalized spacial score (nSPS) is 40.6. The minimum atomic E-state index is -2.17. The van der Waals surface area contributed by atoms with Crippen LogP contribution in [-0.4, -0.2) is 56.6 Å². The van der Waals surface area contributed by atoms with Gasteiger partial charge in [-0.2, -0.15) is 0 Å². The standard InChI is InChI=1S/C28H37NO7/c1-12(2)21-19(15(5)36-29-21)25(33)35-24-13(3)10-27-14(4)8-18-20(26(18,6)7)17(23(27)32)9-16(11-30)22(31)28(24,27)34/h9-10,12,14,17-18,20,22,24,30-31,34H,8,11H2,1-7H3/t14?,17-,18+,20-,22+,24-,27?,28-/m0/s1. The van der Waals surface area contributed by atoms with Crippen molar-refractivity contribution in [3.05, 3.63) is 40.3 Å². The molecule has 0 amide bonds. The van der Waals surface area contributed by atoms with Crippen LogP contribution >= 0.6 is 0 Å². The molecule has 4 aliphatic carbocycles. The van der Waals surface area contributed by atoms with Gasteiger partial charge in [0.05, 0.1) is 12.0 Å². The fourth-order valence-corrected chi connectivity index (χ4v) is 7.79. The van der Waals surface area contributed by atoms with E-state index in [2.05, 4.69) is 19.0 Å². The minimum Gasteiger partial charge on any atom is -0.451 e. The number of aryl methyl sites for hydroxylation is 1. The molecule has 0 aromatic carbocycles. The summed E-state index contributed by atoms with van der Waals surface area (Å²) in [7, 11) is 0. The van der Waals surface area contributed by atoms with Gasteiger partial charge in [0.1, 0.15) is 23.1 Å². The molecule has 5 rings (SSSR count). The van der Waals surface area contributed by atoms with Crippen molar-refractivity contribution in [2.75, 3.05) is 6.61 Å². The van der Waals surface area contributed by atoms with E-state index >= 15 is 0 Å². The number of ether oxygens (including phenoxy) is 1. The lowest BCUT2D eigenvalue weighted by atomic mass is 9.59. The van der Waals surface area contributed by atoms with Crippen LogP contribution in [-0.2, 0) is 9.53 Å². The molecular weight excluding hydrogens is 462 g/mol. The number of Topliss-reactive ketones (excluding diaryl/α,β-unsaturated/α-hetero) is 1. The number of esters is 1. The van der Waals surface area contributed by atoms with Gasteiger partial charge in [0, 0.05) is 5.92 Å². The molecule has 8 atom stereocenters. The van der Waals surface area contributed by atoms with Crippen LogP contribution in [0.15, 0.2) is 27.8 Å². The summed E-state index contributed by atoms with van der Waals surface area (Å²) in [6, 6.07) is 0. The Morgan fingerprint density at radius 1 is 1.31 bits per heavy atom. The Balaban J connectivity index is 1.64. The Hall–Kier alpha value is -2.29. The van der Waals surface area contributed by atoms with Crippen molar-refractivity contribution in [1.82, 2.24) is 5.16 Å².